The summed E-state index contributed by atoms with van der Waals surface area (Å²) in [7, 11) is 0. The molecule has 3 heteroatoms. The molecule has 0 radical (unpaired) electrons. The van der Waals surface area contributed by atoms with Crippen LogP contribution in [0, 0.1) is 0 Å². The number of hydrogen-bond donors (Lipinski definition) is 0. The minimum Gasteiger partial charge on any atom is -0.372 e. The van der Waals surface area contributed by atoms with Gasteiger partial charge in [-0.05, 0) is 26.0 Å². The van der Waals surface area contributed by atoms with Crippen molar-refractivity contribution < 1.29 is 4.79 Å². The Morgan fingerprint density at radius 3 is 2.23 bits per heavy atom. The number of fused-ring (bicyclic) bond motifs is 1. The van der Waals surface area contributed by atoms with Crippen molar-refractivity contribution in [1.29, 1.82) is 0 Å². The molecule has 0 atom stereocenters. The first-order valence-corrected chi connectivity index (χ1v) is 7.77. The number of benzene rings is 2. The van der Waals surface area contributed by atoms with Gasteiger partial charge in [0.05, 0.1) is 5.71 Å². The predicted octanol–water partition coefficient (Wildman–Crippen LogP) is 3.57. The summed E-state index contributed by atoms with van der Waals surface area (Å²) in [5.41, 5.74) is 4.92. The Balaban J connectivity index is 1.97. The third kappa shape index (κ3) is 2.54. The van der Waals surface area contributed by atoms with E-state index in [2.05, 4.69) is 48.0 Å². The smallest absolute Gasteiger partial charge is 0.184 e. The van der Waals surface area contributed by atoms with Gasteiger partial charge >= 0.3 is 0 Å². The van der Waals surface area contributed by atoms with Crippen LogP contribution in [-0.4, -0.2) is 31.1 Å². The number of anilines is 1. The number of Topliss-reactive ketones (excluding diaryl/α,β-unsaturated/α-hetero) is 1. The zero-order valence-electron chi connectivity index (χ0n) is 13.0. The largest absolute Gasteiger partial charge is 0.372 e. The molecule has 0 bridgehead atoms. The minimum atomic E-state index is 0.0964. The fourth-order valence-corrected chi connectivity index (χ4v) is 2.92. The van der Waals surface area contributed by atoms with Crippen LogP contribution in [0.5, 0.6) is 0 Å². The van der Waals surface area contributed by atoms with Crippen LogP contribution in [0.1, 0.15) is 35.3 Å². The Morgan fingerprint density at radius 2 is 1.59 bits per heavy atom. The van der Waals surface area contributed by atoms with Gasteiger partial charge in [0, 0.05) is 35.5 Å². The molecule has 2 aromatic rings. The maximum Gasteiger partial charge on any atom is 0.184 e. The van der Waals surface area contributed by atoms with Gasteiger partial charge in [0.25, 0.3) is 0 Å². The first-order chi connectivity index (χ1) is 10.7. The van der Waals surface area contributed by atoms with Gasteiger partial charge in [-0.25, -0.2) is 0 Å². The monoisotopic (exact) mass is 292 g/mol. The lowest BCUT2D eigenvalue weighted by Gasteiger charge is -2.22. The SMILES string of the molecule is CCN(CC)c1ccc(C2=NCC(=O)c3ccccc32)cc1. The van der Waals surface area contributed by atoms with E-state index >= 15 is 0 Å². The van der Waals surface area contributed by atoms with Crippen LogP contribution < -0.4 is 4.90 Å². The van der Waals surface area contributed by atoms with Gasteiger partial charge in [-0.3, -0.25) is 9.79 Å². The van der Waals surface area contributed by atoms with Crippen molar-refractivity contribution in [2.24, 2.45) is 4.99 Å². The predicted molar refractivity (Wildman–Crippen MR) is 91.3 cm³/mol. The molecule has 0 amide bonds. The number of carbonyl (C=O) groups is 1. The summed E-state index contributed by atoms with van der Waals surface area (Å²) < 4.78 is 0. The van der Waals surface area contributed by atoms with E-state index in [0.717, 1.165) is 35.5 Å². The first-order valence-electron chi connectivity index (χ1n) is 7.77. The third-order valence-corrected chi connectivity index (χ3v) is 4.13. The van der Waals surface area contributed by atoms with Gasteiger partial charge in [-0.15, -0.1) is 0 Å². The van der Waals surface area contributed by atoms with Crippen LogP contribution in [0.25, 0.3) is 0 Å². The van der Waals surface area contributed by atoms with Crippen molar-refractivity contribution in [1.82, 2.24) is 0 Å². The molecular formula is C19H20N2O. The van der Waals surface area contributed by atoms with Crippen molar-refractivity contribution in [2.75, 3.05) is 24.5 Å². The molecule has 0 fully saturated rings. The first kappa shape index (κ1) is 14.5. The van der Waals surface area contributed by atoms with Crippen molar-refractivity contribution >= 4 is 17.2 Å². The summed E-state index contributed by atoms with van der Waals surface area (Å²) in [5.74, 6) is 0.0964. The molecule has 0 saturated carbocycles. The number of carbonyl (C=O) groups excluding carboxylic acids is 1. The highest BCUT2D eigenvalue weighted by atomic mass is 16.1. The van der Waals surface area contributed by atoms with Crippen LogP contribution in [0.15, 0.2) is 53.5 Å². The number of hydrogen-bond acceptors (Lipinski definition) is 3. The second-order valence-electron chi connectivity index (χ2n) is 5.35. The van der Waals surface area contributed by atoms with E-state index in [0.29, 0.717) is 0 Å². The minimum absolute atomic E-state index is 0.0964. The van der Waals surface area contributed by atoms with Gasteiger partial charge in [-0.1, -0.05) is 36.4 Å². The van der Waals surface area contributed by atoms with E-state index in [1.807, 2.05) is 24.3 Å². The van der Waals surface area contributed by atoms with Crippen LogP contribution in [0.3, 0.4) is 0 Å². The molecule has 1 heterocycles. The molecule has 3 nitrogen and oxygen atoms in total. The van der Waals surface area contributed by atoms with Crippen LogP contribution in [0.4, 0.5) is 5.69 Å². The lowest BCUT2D eigenvalue weighted by Crippen LogP contribution is -2.22. The Bertz CT molecular complexity index is 712. The summed E-state index contributed by atoms with van der Waals surface area (Å²) in [4.78, 5) is 18.8. The summed E-state index contributed by atoms with van der Waals surface area (Å²) in [6, 6.07) is 16.2. The zero-order chi connectivity index (χ0) is 15.5. The maximum atomic E-state index is 12.0. The average Bonchev–Trinajstić information content (AvgIpc) is 2.57. The fraction of sp³-hybridized carbons (Fsp3) is 0.263. The number of ketones is 1. The molecule has 1 aliphatic heterocycles. The van der Waals surface area contributed by atoms with Crippen LogP contribution in [0.2, 0.25) is 0 Å². The van der Waals surface area contributed by atoms with Crippen LogP contribution in [-0.2, 0) is 0 Å². The van der Waals surface area contributed by atoms with Gasteiger partial charge in [0.15, 0.2) is 5.78 Å². The highest BCUT2D eigenvalue weighted by Gasteiger charge is 2.20. The molecule has 0 aromatic heterocycles. The lowest BCUT2D eigenvalue weighted by atomic mass is 9.93. The van der Waals surface area contributed by atoms with Crippen molar-refractivity contribution in [3.8, 4) is 0 Å². The fourth-order valence-electron chi connectivity index (χ4n) is 2.92. The van der Waals surface area contributed by atoms with E-state index in [1.54, 1.807) is 0 Å². The molecule has 1 aliphatic rings. The lowest BCUT2D eigenvalue weighted by molar-refractivity contribution is 0.1000. The molecule has 0 aliphatic carbocycles. The van der Waals surface area contributed by atoms with E-state index in [1.165, 1.54) is 5.69 Å². The van der Waals surface area contributed by atoms with E-state index in [4.69, 9.17) is 0 Å². The second kappa shape index (κ2) is 6.14. The number of aliphatic imine (C=N–C) groups is 1. The quantitative estimate of drug-likeness (QED) is 0.863. The van der Waals surface area contributed by atoms with Crippen LogP contribution >= 0.6 is 0 Å². The topological polar surface area (TPSA) is 32.7 Å². The molecule has 0 unspecified atom stereocenters. The Morgan fingerprint density at radius 1 is 0.955 bits per heavy atom. The molecule has 0 saturated heterocycles. The summed E-state index contributed by atoms with van der Waals surface area (Å²) in [5, 5.41) is 0. The molecule has 22 heavy (non-hydrogen) atoms. The highest BCUT2D eigenvalue weighted by Crippen LogP contribution is 2.22. The molecule has 0 spiro atoms. The molecule has 2 aromatic carbocycles. The van der Waals surface area contributed by atoms with Crippen molar-refractivity contribution in [3.63, 3.8) is 0 Å². The Hall–Kier alpha value is -2.42. The Labute approximate surface area is 131 Å². The van der Waals surface area contributed by atoms with E-state index in [9.17, 15) is 4.79 Å². The van der Waals surface area contributed by atoms with Crippen molar-refractivity contribution in [2.45, 2.75) is 13.8 Å². The molecular weight excluding hydrogens is 272 g/mol. The number of nitrogens with zero attached hydrogens (tertiary/aromatic N) is 2. The molecule has 0 N–H and O–H groups in total. The third-order valence-electron chi connectivity index (χ3n) is 4.13. The standard InChI is InChI=1S/C19H20N2O/c1-3-21(4-2)15-11-9-14(10-12-15)19-17-8-6-5-7-16(17)18(22)13-20-19/h5-12H,3-4,13H2,1-2H3. The van der Waals surface area contributed by atoms with Gasteiger partial charge < -0.3 is 4.90 Å². The summed E-state index contributed by atoms with van der Waals surface area (Å²) in [6.45, 7) is 6.54. The molecule has 3 rings (SSSR count). The second-order valence-corrected chi connectivity index (χ2v) is 5.35. The van der Waals surface area contributed by atoms with E-state index in [-0.39, 0.29) is 12.3 Å². The Kier molecular flexibility index (Phi) is 4.05. The highest BCUT2D eigenvalue weighted by molar-refractivity contribution is 6.21. The van der Waals surface area contributed by atoms with Gasteiger partial charge in [0.1, 0.15) is 6.54 Å². The summed E-state index contributed by atoms with van der Waals surface area (Å²) >= 11 is 0. The van der Waals surface area contributed by atoms with E-state index < -0.39 is 0 Å². The summed E-state index contributed by atoms with van der Waals surface area (Å²) in [6.07, 6.45) is 0. The van der Waals surface area contributed by atoms with Gasteiger partial charge in [0.2, 0.25) is 0 Å². The normalized spacial score (nSPS) is 13.5. The van der Waals surface area contributed by atoms with Gasteiger partial charge in [-0.2, -0.15) is 0 Å². The molecule has 112 valence electrons. The maximum absolute atomic E-state index is 12.0. The van der Waals surface area contributed by atoms with Crippen molar-refractivity contribution in [3.05, 3.63) is 65.2 Å². The zero-order valence-corrected chi connectivity index (χ0v) is 13.0. The number of rotatable bonds is 4. The average molecular weight is 292 g/mol.